The van der Waals surface area contributed by atoms with Crippen molar-refractivity contribution in [2.24, 2.45) is 4.40 Å². The monoisotopic (exact) mass is 248 g/mol. The van der Waals surface area contributed by atoms with Gasteiger partial charge in [0.05, 0.1) is 23.1 Å². The average Bonchev–Trinajstić information content (AvgIpc) is 2.24. The van der Waals surface area contributed by atoms with Crippen molar-refractivity contribution in [2.75, 3.05) is 0 Å². The standard InChI is InChI=1S/C8H3F3N2O2S/c9-8(10,11)6-1-2-12-3-5(6)7(15)16-13-4-14/h1-3H. The van der Waals surface area contributed by atoms with Crippen molar-refractivity contribution in [3.8, 4) is 0 Å². The summed E-state index contributed by atoms with van der Waals surface area (Å²) in [5.41, 5.74) is -1.75. The molecule has 0 spiro atoms. The summed E-state index contributed by atoms with van der Waals surface area (Å²) in [6.07, 6.45) is -1.91. The normalized spacial score (nSPS) is 10.7. The number of carbonyl (C=O) groups is 1. The predicted octanol–water partition coefficient (Wildman–Crippen LogP) is 2.22. The second kappa shape index (κ2) is 4.91. The molecular formula is C8H3F3N2O2S. The predicted molar refractivity (Wildman–Crippen MR) is 49.3 cm³/mol. The van der Waals surface area contributed by atoms with Crippen LogP contribution in [0.15, 0.2) is 22.9 Å². The van der Waals surface area contributed by atoms with Gasteiger partial charge in [-0.2, -0.15) is 13.2 Å². The molecule has 1 aromatic heterocycles. The van der Waals surface area contributed by atoms with Crippen molar-refractivity contribution >= 4 is 23.1 Å². The Kier molecular flexibility index (Phi) is 3.81. The van der Waals surface area contributed by atoms with Crippen LogP contribution < -0.4 is 0 Å². The van der Waals surface area contributed by atoms with Gasteiger partial charge in [-0.1, -0.05) is 0 Å². The molecule has 1 rings (SSSR count). The van der Waals surface area contributed by atoms with Crippen molar-refractivity contribution in [3.05, 3.63) is 29.6 Å². The Labute approximate surface area is 91.7 Å². The summed E-state index contributed by atoms with van der Waals surface area (Å²) in [7, 11) is 0. The Morgan fingerprint density at radius 2 is 2.19 bits per heavy atom. The van der Waals surface area contributed by atoms with Crippen molar-refractivity contribution in [2.45, 2.75) is 6.18 Å². The molecule has 0 fully saturated rings. The summed E-state index contributed by atoms with van der Waals surface area (Å²) in [5.74, 6) is 0. The molecular weight excluding hydrogens is 245 g/mol. The van der Waals surface area contributed by atoms with Crippen LogP contribution in [0.25, 0.3) is 0 Å². The Balaban J connectivity index is 3.13. The number of rotatable bonds is 2. The number of hydrogen-bond donors (Lipinski definition) is 0. The Hall–Kier alpha value is -1.66. The van der Waals surface area contributed by atoms with E-state index in [0.717, 1.165) is 18.5 Å². The minimum atomic E-state index is -4.65. The van der Waals surface area contributed by atoms with E-state index in [0.29, 0.717) is 6.07 Å². The fourth-order valence-electron chi connectivity index (χ4n) is 0.914. The van der Waals surface area contributed by atoms with E-state index < -0.39 is 22.4 Å². The maximum absolute atomic E-state index is 12.4. The van der Waals surface area contributed by atoms with Gasteiger partial charge in [0.2, 0.25) is 11.2 Å². The van der Waals surface area contributed by atoms with E-state index in [4.69, 9.17) is 0 Å². The molecule has 4 nitrogen and oxygen atoms in total. The fraction of sp³-hybridized carbons (Fsp3) is 0.125. The van der Waals surface area contributed by atoms with Crippen LogP contribution >= 0.6 is 11.9 Å². The Morgan fingerprint density at radius 3 is 2.75 bits per heavy atom. The first-order valence-electron chi connectivity index (χ1n) is 3.76. The molecule has 0 aliphatic carbocycles. The van der Waals surface area contributed by atoms with Gasteiger partial charge in [-0.05, 0) is 6.07 Å². The lowest BCUT2D eigenvalue weighted by atomic mass is 10.1. The summed E-state index contributed by atoms with van der Waals surface area (Å²) in [6.45, 7) is 0. The highest BCUT2D eigenvalue weighted by atomic mass is 32.2. The maximum atomic E-state index is 12.4. The molecule has 0 aliphatic heterocycles. The van der Waals surface area contributed by atoms with Crippen LogP contribution in [-0.4, -0.2) is 16.2 Å². The molecule has 16 heavy (non-hydrogen) atoms. The van der Waals surface area contributed by atoms with Gasteiger partial charge >= 0.3 is 6.18 Å². The number of nitrogens with zero attached hydrogens (tertiary/aromatic N) is 2. The fourth-order valence-corrected chi connectivity index (χ4v) is 1.29. The van der Waals surface area contributed by atoms with E-state index in [1.165, 1.54) is 0 Å². The van der Waals surface area contributed by atoms with Crippen LogP contribution in [0.3, 0.4) is 0 Å². The first-order chi connectivity index (χ1) is 7.46. The molecule has 0 aliphatic rings. The number of alkyl halides is 3. The molecule has 8 heteroatoms. The first kappa shape index (κ1) is 12.4. The Morgan fingerprint density at radius 1 is 1.50 bits per heavy atom. The highest BCUT2D eigenvalue weighted by molar-refractivity contribution is 8.13. The molecule has 84 valence electrons. The van der Waals surface area contributed by atoms with E-state index in [2.05, 4.69) is 9.38 Å². The van der Waals surface area contributed by atoms with Crippen LogP contribution in [0.5, 0.6) is 0 Å². The van der Waals surface area contributed by atoms with Crippen molar-refractivity contribution < 1.29 is 22.8 Å². The summed E-state index contributed by atoms with van der Waals surface area (Å²) >= 11 is 0.0823. The molecule has 1 aromatic rings. The van der Waals surface area contributed by atoms with Crippen molar-refractivity contribution in [1.82, 2.24) is 4.98 Å². The average molecular weight is 248 g/mol. The van der Waals surface area contributed by atoms with Crippen LogP contribution in [0.2, 0.25) is 0 Å². The molecule has 0 N–H and O–H groups in total. The van der Waals surface area contributed by atoms with Crippen LogP contribution in [0, 0.1) is 0 Å². The zero-order valence-corrected chi connectivity index (χ0v) is 8.30. The van der Waals surface area contributed by atoms with Gasteiger partial charge in [-0.15, -0.1) is 4.40 Å². The zero-order valence-electron chi connectivity index (χ0n) is 7.49. The molecule has 0 saturated heterocycles. The smallest absolute Gasteiger partial charge is 0.279 e. The Bertz CT molecular complexity index is 455. The number of pyridine rings is 1. The minimum absolute atomic E-state index is 0.0823. The number of halogens is 3. The van der Waals surface area contributed by atoms with Gasteiger partial charge in [-0.25, -0.2) is 4.79 Å². The van der Waals surface area contributed by atoms with Crippen LogP contribution in [-0.2, 0) is 11.0 Å². The summed E-state index contributed by atoms with van der Waals surface area (Å²) in [4.78, 5) is 24.4. The lowest BCUT2D eigenvalue weighted by Crippen LogP contribution is -2.11. The number of aromatic nitrogens is 1. The van der Waals surface area contributed by atoms with E-state index in [1.807, 2.05) is 0 Å². The van der Waals surface area contributed by atoms with Gasteiger partial charge in [0.15, 0.2) is 0 Å². The number of hydrogen-bond acceptors (Lipinski definition) is 5. The molecule has 0 atom stereocenters. The zero-order chi connectivity index (χ0) is 12.2. The van der Waals surface area contributed by atoms with Gasteiger partial charge in [0, 0.05) is 12.4 Å². The largest absolute Gasteiger partial charge is 0.417 e. The third kappa shape index (κ3) is 2.91. The lowest BCUT2D eigenvalue weighted by Gasteiger charge is -2.09. The summed E-state index contributed by atoms with van der Waals surface area (Å²) in [5, 5.41) is -1.01. The summed E-state index contributed by atoms with van der Waals surface area (Å²) < 4.78 is 40.1. The van der Waals surface area contributed by atoms with Gasteiger partial charge in [0.1, 0.15) is 0 Å². The molecule has 1 heterocycles. The maximum Gasteiger partial charge on any atom is 0.417 e. The SMILES string of the molecule is O=C=NSC(=O)c1cnccc1C(F)(F)F. The lowest BCUT2D eigenvalue weighted by molar-refractivity contribution is -0.137. The third-order valence-corrected chi connectivity index (χ3v) is 2.06. The van der Waals surface area contributed by atoms with E-state index in [-0.39, 0.29) is 11.9 Å². The van der Waals surface area contributed by atoms with Crippen molar-refractivity contribution in [1.29, 1.82) is 0 Å². The second-order valence-corrected chi connectivity index (χ2v) is 3.22. The number of isocyanates is 1. The highest BCUT2D eigenvalue weighted by Gasteiger charge is 2.35. The molecule has 0 bridgehead atoms. The van der Waals surface area contributed by atoms with Crippen LogP contribution in [0.1, 0.15) is 15.9 Å². The first-order valence-corrected chi connectivity index (χ1v) is 4.54. The van der Waals surface area contributed by atoms with Crippen molar-refractivity contribution in [3.63, 3.8) is 0 Å². The molecule has 0 amide bonds. The van der Waals surface area contributed by atoms with E-state index in [1.54, 1.807) is 0 Å². The molecule has 0 aromatic carbocycles. The molecule has 0 saturated carbocycles. The quantitative estimate of drug-likeness (QED) is 0.457. The summed E-state index contributed by atoms with van der Waals surface area (Å²) in [6, 6.07) is 0.679. The minimum Gasteiger partial charge on any atom is -0.279 e. The number of carbonyl (C=O) groups excluding carboxylic acids is 2. The molecule has 0 radical (unpaired) electrons. The van der Waals surface area contributed by atoms with Crippen LogP contribution in [0.4, 0.5) is 13.2 Å². The highest BCUT2D eigenvalue weighted by Crippen LogP contribution is 2.32. The van der Waals surface area contributed by atoms with E-state index in [9.17, 15) is 22.8 Å². The van der Waals surface area contributed by atoms with Gasteiger partial charge in [0.25, 0.3) is 0 Å². The van der Waals surface area contributed by atoms with E-state index >= 15 is 0 Å². The van der Waals surface area contributed by atoms with Gasteiger partial charge < -0.3 is 0 Å². The molecule has 0 unspecified atom stereocenters. The topological polar surface area (TPSA) is 59.4 Å². The van der Waals surface area contributed by atoms with Gasteiger partial charge in [-0.3, -0.25) is 9.78 Å². The second-order valence-electron chi connectivity index (χ2n) is 2.48. The third-order valence-electron chi connectivity index (χ3n) is 1.51.